The van der Waals surface area contributed by atoms with Gasteiger partial charge in [0, 0.05) is 61.3 Å². The van der Waals surface area contributed by atoms with Gasteiger partial charge < -0.3 is 15.5 Å². The first kappa shape index (κ1) is 28.8. The van der Waals surface area contributed by atoms with Gasteiger partial charge in [-0.2, -0.15) is 13.2 Å². The smallest absolute Gasteiger partial charge is 0.322 e. The Morgan fingerprint density at radius 3 is 2.45 bits per heavy atom. The molecule has 3 aromatic rings. The molecule has 0 saturated carbocycles. The molecule has 1 aliphatic rings. The lowest BCUT2D eigenvalue weighted by molar-refractivity contribution is -0.138. The Morgan fingerprint density at radius 1 is 1.02 bits per heavy atom. The Hall–Kier alpha value is -4.20. The molecule has 40 heavy (non-hydrogen) atoms. The van der Waals surface area contributed by atoms with Crippen molar-refractivity contribution in [3.8, 4) is 11.8 Å². The van der Waals surface area contributed by atoms with Gasteiger partial charge in [0.1, 0.15) is 5.82 Å². The van der Waals surface area contributed by atoms with Crippen LogP contribution in [0.15, 0.2) is 48.7 Å². The molecule has 0 bridgehead atoms. The van der Waals surface area contributed by atoms with Crippen LogP contribution in [0.2, 0.25) is 0 Å². The Kier molecular flexibility index (Phi) is 8.87. The van der Waals surface area contributed by atoms with Crippen molar-refractivity contribution < 1.29 is 22.8 Å². The van der Waals surface area contributed by atoms with E-state index in [1.54, 1.807) is 31.2 Å². The zero-order chi connectivity index (χ0) is 28.9. The number of alkyl halides is 3. The van der Waals surface area contributed by atoms with Crippen molar-refractivity contribution in [3.63, 3.8) is 0 Å². The molecule has 7 nitrogen and oxygen atoms in total. The molecule has 1 saturated heterocycles. The summed E-state index contributed by atoms with van der Waals surface area (Å²) in [5.41, 5.74) is 2.57. The summed E-state index contributed by atoms with van der Waals surface area (Å²) in [6.45, 7) is 6.85. The average molecular weight is 550 g/mol. The molecule has 1 aliphatic heterocycles. The first-order valence-corrected chi connectivity index (χ1v) is 12.8. The van der Waals surface area contributed by atoms with Crippen LogP contribution in [-0.4, -0.2) is 60.3 Å². The number of rotatable bonds is 6. The summed E-state index contributed by atoms with van der Waals surface area (Å²) in [7, 11) is 1.99. The Labute approximate surface area is 231 Å². The third-order valence-corrected chi connectivity index (χ3v) is 6.78. The van der Waals surface area contributed by atoms with Crippen LogP contribution in [0, 0.1) is 25.7 Å². The first-order valence-electron chi connectivity index (χ1n) is 12.8. The number of pyridine rings is 1. The number of aryl methyl sites for hydroxylation is 2. The van der Waals surface area contributed by atoms with E-state index in [9.17, 15) is 22.8 Å². The van der Waals surface area contributed by atoms with Crippen molar-refractivity contribution in [1.29, 1.82) is 0 Å². The molecule has 1 fully saturated rings. The van der Waals surface area contributed by atoms with E-state index in [0.29, 0.717) is 36.4 Å². The highest BCUT2D eigenvalue weighted by Crippen LogP contribution is 2.34. The normalized spacial score (nSPS) is 14.2. The second-order valence-corrected chi connectivity index (χ2v) is 9.83. The third-order valence-electron chi connectivity index (χ3n) is 6.78. The van der Waals surface area contributed by atoms with Gasteiger partial charge in [0.2, 0.25) is 6.41 Å². The molecule has 208 valence electrons. The number of carbonyl (C=O) groups is 2. The molecule has 0 aliphatic carbocycles. The summed E-state index contributed by atoms with van der Waals surface area (Å²) in [5.74, 6) is 5.93. The summed E-state index contributed by atoms with van der Waals surface area (Å²) < 4.78 is 41.8. The zero-order valence-corrected chi connectivity index (χ0v) is 22.5. The van der Waals surface area contributed by atoms with E-state index in [2.05, 4.69) is 32.4 Å². The van der Waals surface area contributed by atoms with Gasteiger partial charge in [0.05, 0.1) is 5.56 Å². The van der Waals surface area contributed by atoms with Gasteiger partial charge in [-0.3, -0.25) is 14.5 Å². The fourth-order valence-corrected chi connectivity index (χ4v) is 4.39. The maximum atomic E-state index is 13.9. The highest BCUT2D eigenvalue weighted by molar-refractivity contribution is 6.04. The molecule has 10 heteroatoms. The van der Waals surface area contributed by atoms with Crippen LogP contribution < -0.4 is 10.6 Å². The van der Waals surface area contributed by atoms with Crippen molar-refractivity contribution in [1.82, 2.24) is 14.8 Å². The highest BCUT2D eigenvalue weighted by Gasteiger charge is 2.34. The summed E-state index contributed by atoms with van der Waals surface area (Å²) in [4.78, 5) is 32.0. The van der Waals surface area contributed by atoms with Gasteiger partial charge in [-0.1, -0.05) is 24.0 Å². The molecule has 2 aromatic carbocycles. The fourth-order valence-electron chi connectivity index (χ4n) is 4.39. The van der Waals surface area contributed by atoms with Gasteiger partial charge in [0.25, 0.3) is 5.91 Å². The Morgan fingerprint density at radius 2 is 1.77 bits per heavy atom. The van der Waals surface area contributed by atoms with E-state index >= 15 is 0 Å². The number of anilines is 2. The SMILES string of the molecule is Cc1ccc(C(=O)Nc2ccc(CN3CCN(C)CC3)c(C(F)(F)F)c2)cc1C#Cc1cnc(NC=O)c(C)c1. The number of amides is 2. The van der Waals surface area contributed by atoms with Crippen LogP contribution in [0.25, 0.3) is 0 Å². The maximum absolute atomic E-state index is 13.9. The second kappa shape index (κ2) is 12.3. The van der Waals surface area contributed by atoms with Gasteiger partial charge in [-0.25, -0.2) is 4.98 Å². The predicted molar refractivity (Wildman–Crippen MR) is 148 cm³/mol. The highest BCUT2D eigenvalue weighted by atomic mass is 19.4. The van der Waals surface area contributed by atoms with Crippen LogP contribution >= 0.6 is 0 Å². The number of nitrogens with zero attached hydrogens (tertiary/aromatic N) is 3. The van der Waals surface area contributed by atoms with Gasteiger partial charge in [-0.15, -0.1) is 0 Å². The summed E-state index contributed by atoms with van der Waals surface area (Å²) in [6.07, 6.45) is -2.47. The summed E-state index contributed by atoms with van der Waals surface area (Å²) in [6, 6.07) is 10.7. The molecule has 0 radical (unpaired) electrons. The molecular weight excluding hydrogens is 519 g/mol. The van der Waals surface area contributed by atoms with Crippen molar-refractivity contribution >= 4 is 23.8 Å². The van der Waals surface area contributed by atoms with Crippen molar-refractivity contribution in [2.75, 3.05) is 43.9 Å². The van der Waals surface area contributed by atoms with Crippen LogP contribution in [0.5, 0.6) is 0 Å². The molecule has 1 aromatic heterocycles. The number of likely N-dealkylation sites (N-methyl/N-ethyl adjacent to an activating group) is 1. The van der Waals surface area contributed by atoms with Crippen molar-refractivity contribution in [3.05, 3.63) is 87.6 Å². The minimum Gasteiger partial charge on any atom is -0.322 e. The monoisotopic (exact) mass is 549 g/mol. The number of aromatic nitrogens is 1. The van der Waals surface area contributed by atoms with E-state index in [0.717, 1.165) is 30.3 Å². The number of piperazine rings is 1. The molecule has 2 N–H and O–H groups in total. The van der Waals surface area contributed by atoms with E-state index in [4.69, 9.17) is 0 Å². The lowest BCUT2D eigenvalue weighted by atomic mass is 10.0. The fraction of sp³-hybridized carbons (Fsp3) is 0.300. The topological polar surface area (TPSA) is 77.6 Å². The van der Waals surface area contributed by atoms with E-state index in [-0.39, 0.29) is 23.4 Å². The van der Waals surface area contributed by atoms with Crippen LogP contribution in [0.1, 0.15) is 43.7 Å². The standard InChI is InChI=1S/C30H30F3N5O2/c1-20-4-6-24(15-23(20)7-5-22-14-21(2)28(34-17-22)35-19-39)29(40)36-26-9-8-25(27(16-26)30(31,32)33)18-38-12-10-37(3)11-13-38/h4,6,8-9,14-17,19H,10-13,18H2,1-3H3,(H,36,40)(H,34,35,39). The van der Waals surface area contributed by atoms with E-state index in [1.165, 1.54) is 18.3 Å². The first-order chi connectivity index (χ1) is 19.0. The predicted octanol–water partition coefficient (Wildman–Crippen LogP) is 4.69. The number of carbonyl (C=O) groups excluding carboxylic acids is 2. The number of nitrogens with one attached hydrogen (secondary N) is 2. The molecule has 4 rings (SSSR count). The van der Waals surface area contributed by atoms with Crippen molar-refractivity contribution in [2.45, 2.75) is 26.6 Å². The van der Waals surface area contributed by atoms with Gasteiger partial charge >= 0.3 is 6.18 Å². The van der Waals surface area contributed by atoms with Gasteiger partial charge in [-0.05, 0) is 67.9 Å². The zero-order valence-electron chi connectivity index (χ0n) is 22.5. The van der Waals surface area contributed by atoms with Crippen LogP contribution in [0.4, 0.5) is 24.7 Å². The van der Waals surface area contributed by atoms with Crippen LogP contribution in [-0.2, 0) is 17.5 Å². The molecule has 2 amide bonds. The van der Waals surface area contributed by atoms with E-state index in [1.807, 2.05) is 18.9 Å². The van der Waals surface area contributed by atoms with Crippen LogP contribution in [0.3, 0.4) is 0 Å². The number of benzene rings is 2. The minimum absolute atomic E-state index is 0.0678. The summed E-state index contributed by atoms with van der Waals surface area (Å²) >= 11 is 0. The number of halogens is 3. The number of hydrogen-bond donors (Lipinski definition) is 2. The lowest BCUT2D eigenvalue weighted by Crippen LogP contribution is -2.44. The lowest BCUT2D eigenvalue weighted by Gasteiger charge is -2.33. The minimum atomic E-state index is -4.55. The Balaban J connectivity index is 1.52. The molecule has 0 unspecified atom stereocenters. The quantitative estimate of drug-likeness (QED) is 0.345. The Bertz CT molecular complexity index is 1470. The number of hydrogen-bond acceptors (Lipinski definition) is 5. The summed E-state index contributed by atoms with van der Waals surface area (Å²) in [5, 5.41) is 5.11. The maximum Gasteiger partial charge on any atom is 0.416 e. The third kappa shape index (κ3) is 7.25. The molecular formula is C30H30F3N5O2. The largest absolute Gasteiger partial charge is 0.416 e. The molecule has 0 atom stereocenters. The molecule has 2 heterocycles. The van der Waals surface area contributed by atoms with Crippen molar-refractivity contribution in [2.24, 2.45) is 0 Å². The second-order valence-electron chi connectivity index (χ2n) is 9.83. The average Bonchev–Trinajstić information content (AvgIpc) is 2.91. The van der Waals surface area contributed by atoms with Gasteiger partial charge in [0.15, 0.2) is 0 Å². The van der Waals surface area contributed by atoms with E-state index < -0.39 is 17.6 Å². The molecule has 0 spiro atoms.